The van der Waals surface area contributed by atoms with Crippen LogP contribution in [0.5, 0.6) is 5.75 Å². The van der Waals surface area contributed by atoms with Gasteiger partial charge in [0, 0.05) is 11.8 Å². The van der Waals surface area contributed by atoms with E-state index in [9.17, 15) is 14.7 Å². The second-order valence-corrected chi connectivity index (χ2v) is 4.30. The number of phenolic OH excluding ortho intramolecular Hbond substituents is 1. The van der Waals surface area contributed by atoms with Crippen LogP contribution in [-0.4, -0.2) is 21.8 Å². The van der Waals surface area contributed by atoms with Gasteiger partial charge in [-0.1, -0.05) is 18.2 Å². The van der Waals surface area contributed by atoms with Crippen molar-refractivity contribution in [3.05, 3.63) is 59.3 Å². The van der Waals surface area contributed by atoms with E-state index in [0.717, 1.165) is 0 Å². The summed E-state index contributed by atoms with van der Waals surface area (Å²) in [6, 6.07) is 9.73. The summed E-state index contributed by atoms with van der Waals surface area (Å²) >= 11 is 0. The lowest BCUT2D eigenvalue weighted by molar-refractivity contribution is -0.112. The van der Waals surface area contributed by atoms with Crippen molar-refractivity contribution in [2.75, 3.05) is 5.32 Å². The normalized spacial score (nSPS) is 15.9. The van der Waals surface area contributed by atoms with Crippen LogP contribution in [0.1, 0.15) is 15.9 Å². The second-order valence-electron chi connectivity index (χ2n) is 4.30. The molecule has 0 fully saturated rings. The molecule has 0 saturated heterocycles. The second kappa shape index (κ2) is 4.62. The van der Waals surface area contributed by atoms with E-state index in [1.807, 2.05) is 0 Å². The number of carbonyl (C=O) groups excluding carboxylic acids is 2. The molecule has 3 rings (SSSR count). The predicted molar refractivity (Wildman–Crippen MR) is 73.3 cm³/mol. The maximum absolute atomic E-state index is 12.3. The summed E-state index contributed by atoms with van der Waals surface area (Å²) in [5.74, 6) is -0.654. The molecule has 2 aromatic rings. The van der Waals surface area contributed by atoms with Crippen LogP contribution in [0.15, 0.2) is 48.2 Å². The van der Waals surface area contributed by atoms with Crippen molar-refractivity contribution >= 4 is 23.6 Å². The molecule has 0 spiro atoms. The number of nitrogens with zero attached hydrogens (tertiary/aromatic N) is 1. The summed E-state index contributed by atoms with van der Waals surface area (Å²) in [5.41, 5.74) is 0.735. The van der Waals surface area contributed by atoms with Gasteiger partial charge in [-0.2, -0.15) is 0 Å². The lowest BCUT2D eigenvalue weighted by Crippen LogP contribution is -2.28. The lowest BCUT2D eigenvalue weighted by atomic mass is 9.97. The predicted octanol–water partition coefficient (Wildman–Crippen LogP) is 2.01. The Morgan fingerprint density at radius 1 is 1.10 bits per heavy atom. The molecule has 98 valence electrons. The number of rotatable bonds is 1. The van der Waals surface area contributed by atoms with Crippen LogP contribution >= 0.6 is 0 Å². The summed E-state index contributed by atoms with van der Waals surface area (Å²) in [5, 5.41) is 12.3. The van der Waals surface area contributed by atoms with Gasteiger partial charge >= 0.3 is 0 Å². The standard InChI is InChI=1S/C15H10N2O3/c18-12-6-2-1-4-9(12)8-11-13(19)10-5-3-7-16-14(10)17-15(11)20/h1-8,18H,(H,16,17,20). The highest BCUT2D eigenvalue weighted by molar-refractivity contribution is 6.35. The van der Waals surface area contributed by atoms with Crippen molar-refractivity contribution in [1.82, 2.24) is 4.98 Å². The Bertz CT molecular complexity index is 750. The molecule has 5 heteroatoms. The van der Waals surface area contributed by atoms with Gasteiger partial charge < -0.3 is 10.4 Å². The number of benzene rings is 1. The highest BCUT2D eigenvalue weighted by Gasteiger charge is 2.29. The number of fused-ring (bicyclic) bond motifs is 1. The number of hydrogen-bond acceptors (Lipinski definition) is 4. The third-order valence-corrected chi connectivity index (χ3v) is 3.01. The van der Waals surface area contributed by atoms with E-state index in [4.69, 9.17) is 0 Å². The van der Waals surface area contributed by atoms with E-state index < -0.39 is 11.7 Å². The fourth-order valence-electron chi connectivity index (χ4n) is 2.01. The number of pyridine rings is 1. The van der Waals surface area contributed by atoms with Gasteiger partial charge in [-0.05, 0) is 24.3 Å². The van der Waals surface area contributed by atoms with Crippen molar-refractivity contribution in [2.45, 2.75) is 0 Å². The Kier molecular flexibility index (Phi) is 2.80. The minimum absolute atomic E-state index is 0.0117. The molecular formula is C15H10N2O3. The summed E-state index contributed by atoms with van der Waals surface area (Å²) in [4.78, 5) is 28.2. The number of nitrogens with one attached hydrogen (secondary N) is 1. The molecule has 2 heterocycles. The first-order chi connectivity index (χ1) is 9.66. The third-order valence-electron chi connectivity index (χ3n) is 3.01. The van der Waals surface area contributed by atoms with Gasteiger partial charge in [-0.15, -0.1) is 0 Å². The number of Topliss-reactive ketones (excluding diaryl/α,β-unsaturated/α-hetero) is 1. The van der Waals surface area contributed by atoms with E-state index in [1.165, 1.54) is 18.3 Å². The van der Waals surface area contributed by atoms with Gasteiger partial charge in [0.15, 0.2) is 0 Å². The van der Waals surface area contributed by atoms with Gasteiger partial charge in [0.25, 0.3) is 5.91 Å². The van der Waals surface area contributed by atoms with Crippen LogP contribution in [0, 0.1) is 0 Å². The molecule has 1 aliphatic rings. The Balaban J connectivity index is 2.10. The summed E-state index contributed by atoms with van der Waals surface area (Å²) in [6.45, 7) is 0. The fraction of sp³-hybridized carbons (Fsp3) is 0. The number of carbonyl (C=O) groups is 2. The van der Waals surface area contributed by atoms with E-state index in [0.29, 0.717) is 11.1 Å². The molecule has 0 unspecified atom stereocenters. The van der Waals surface area contributed by atoms with E-state index >= 15 is 0 Å². The number of para-hydroxylation sites is 1. The number of amides is 1. The van der Waals surface area contributed by atoms with E-state index in [-0.39, 0.29) is 17.1 Å². The number of hydrogen-bond donors (Lipinski definition) is 2. The van der Waals surface area contributed by atoms with Crippen molar-refractivity contribution < 1.29 is 14.7 Å². The SMILES string of the molecule is O=C1Nc2ncccc2C(=O)C1=Cc1ccccc1O. The average molecular weight is 266 g/mol. The maximum atomic E-state index is 12.3. The van der Waals surface area contributed by atoms with Gasteiger partial charge in [0.1, 0.15) is 11.6 Å². The Morgan fingerprint density at radius 2 is 1.90 bits per heavy atom. The molecular weight excluding hydrogens is 256 g/mol. The van der Waals surface area contributed by atoms with Crippen LogP contribution in [-0.2, 0) is 4.79 Å². The number of phenols is 1. The molecule has 2 N–H and O–H groups in total. The van der Waals surface area contributed by atoms with Gasteiger partial charge in [-0.3, -0.25) is 9.59 Å². The first-order valence-electron chi connectivity index (χ1n) is 5.97. The molecule has 1 aliphatic heterocycles. The number of aromatic nitrogens is 1. The molecule has 1 amide bonds. The molecule has 20 heavy (non-hydrogen) atoms. The smallest absolute Gasteiger partial charge is 0.260 e. The van der Waals surface area contributed by atoms with Gasteiger partial charge in [-0.25, -0.2) is 4.98 Å². The molecule has 0 bridgehead atoms. The molecule has 0 saturated carbocycles. The number of aromatic hydroxyl groups is 1. The number of anilines is 1. The summed E-state index contributed by atoms with van der Waals surface area (Å²) in [7, 11) is 0. The first-order valence-corrected chi connectivity index (χ1v) is 5.97. The summed E-state index contributed by atoms with van der Waals surface area (Å²) < 4.78 is 0. The van der Waals surface area contributed by atoms with Crippen LogP contribution < -0.4 is 5.32 Å². The van der Waals surface area contributed by atoms with Crippen LogP contribution in [0.4, 0.5) is 5.82 Å². The average Bonchev–Trinajstić information content (AvgIpc) is 2.45. The van der Waals surface area contributed by atoms with Crippen LogP contribution in [0.2, 0.25) is 0 Å². The van der Waals surface area contributed by atoms with Crippen molar-refractivity contribution in [2.24, 2.45) is 0 Å². The monoisotopic (exact) mass is 266 g/mol. The zero-order valence-electron chi connectivity index (χ0n) is 10.3. The van der Waals surface area contributed by atoms with Crippen LogP contribution in [0.25, 0.3) is 6.08 Å². The maximum Gasteiger partial charge on any atom is 0.260 e. The van der Waals surface area contributed by atoms with Gasteiger partial charge in [0.05, 0.1) is 11.1 Å². The Hall–Kier alpha value is -2.95. The Labute approximate surface area is 114 Å². The fourth-order valence-corrected chi connectivity index (χ4v) is 2.01. The molecule has 0 aliphatic carbocycles. The number of ketones is 1. The van der Waals surface area contributed by atoms with Gasteiger partial charge in [0.2, 0.25) is 5.78 Å². The van der Waals surface area contributed by atoms with E-state index in [2.05, 4.69) is 10.3 Å². The van der Waals surface area contributed by atoms with Crippen molar-refractivity contribution in [3.63, 3.8) is 0 Å². The summed E-state index contributed by atoms with van der Waals surface area (Å²) in [6.07, 6.45) is 2.88. The topological polar surface area (TPSA) is 79.3 Å². The van der Waals surface area contributed by atoms with Crippen molar-refractivity contribution in [3.8, 4) is 5.75 Å². The first kappa shape index (κ1) is 12.1. The largest absolute Gasteiger partial charge is 0.507 e. The zero-order valence-corrected chi connectivity index (χ0v) is 10.3. The minimum atomic E-state index is -0.524. The molecule has 0 atom stereocenters. The third kappa shape index (κ3) is 1.95. The zero-order chi connectivity index (χ0) is 14.1. The highest BCUT2D eigenvalue weighted by Crippen LogP contribution is 2.26. The highest BCUT2D eigenvalue weighted by atomic mass is 16.3. The van der Waals surface area contributed by atoms with Crippen LogP contribution in [0.3, 0.4) is 0 Å². The van der Waals surface area contributed by atoms with E-state index in [1.54, 1.807) is 30.3 Å². The molecule has 1 aromatic heterocycles. The molecule has 0 radical (unpaired) electrons. The van der Waals surface area contributed by atoms with Crippen molar-refractivity contribution in [1.29, 1.82) is 0 Å². The minimum Gasteiger partial charge on any atom is -0.507 e. The quantitative estimate of drug-likeness (QED) is 0.611. The lowest BCUT2D eigenvalue weighted by Gasteiger charge is -2.16. The Morgan fingerprint density at radius 3 is 2.70 bits per heavy atom. The molecule has 1 aromatic carbocycles. The molecule has 5 nitrogen and oxygen atoms in total.